The van der Waals surface area contributed by atoms with Gasteiger partial charge in [0.05, 0.1) is 6.61 Å². The minimum Gasteiger partial charge on any atom is -0.508 e. The SMILES string of the molecule is OCc1cccc(SCc2ccc(O)cc2)c1. The summed E-state index contributed by atoms with van der Waals surface area (Å²) >= 11 is 1.72. The van der Waals surface area contributed by atoms with Gasteiger partial charge in [-0.25, -0.2) is 0 Å². The Labute approximate surface area is 105 Å². The Hall–Kier alpha value is -1.45. The molecule has 0 saturated heterocycles. The fourth-order valence-corrected chi connectivity index (χ4v) is 2.43. The first-order valence-corrected chi connectivity index (χ1v) is 6.37. The maximum Gasteiger partial charge on any atom is 0.115 e. The molecule has 88 valence electrons. The quantitative estimate of drug-likeness (QED) is 0.814. The van der Waals surface area contributed by atoms with Gasteiger partial charge in [0.1, 0.15) is 5.75 Å². The van der Waals surface area contributed by atoms with Crippen molar-refractivity contribution in [3.63, 3.8) is 0 Å². The average Bonchev–Trinajstić information content (AvgIpc) is 2.38. The fraction of sp³-hybridized carbons (Fsp3) is 0.143. The van der Waals surface area contributed by atoms with Gasteiger partial charge in [-0.2, -0.15) is 0 Å². The molecule has 0 bridgehead atoms. The molecule has 2 rings (SSSR count). The Balaban J connectivity index is 1.99. The summed E-state index contributed by atoms with van der Waals surface area (Å²) < 4.78 is 0. The van der Waals surface area contributed by atoms with Crippen LogP contribution in [0.25, 0.3) is 0 Å². The van der Waals surface area contributed by atoms with Crippen LogP contribution in [0.4, 0.5) is 0 Å². The minimum absolute atomic E-state index is 0.0770. The zero-order valence-electron chi connectivity index (χ0n) is 9.34. The standard InChI is InChI=1S/C14H14O2S/c15-9-12-2-1-3-14(8-12)17-10-11-4-6-13(16)7-5-11/h1-8,15-16H,9-10H2. The van der Waals surface area contributed by atoms with Crippen LogP contribution in [0.2, 0.25) is 0 Å². The van der Waals surface area contributed by atoms with E-state index in [-0.39, 0.29) is 6.61 Å². The summed E-state index contributed by atoms with van der Waals surface area (Å²) in [5.41, 5.74) is 2.10. The highest BCUT2D eigenvalue weighted by Gasteiger charge is 1.98. The highest BCUT2D eigenvalue weighted by atomic mass is 32.2. The van der Waals surface area contributed by atoms with E-state index in [1.807, 2.05) is 36.4 Å². The van der Waals surface area contributed by atoms with E-state index in [9.17, 15) is 5.11 Å². The van der Waals surface area contributed by atoms with Crippen LogP contribution in [-0.2, 0) is 12.4 Å². The van der Waals surface area contributed by atoms with Crippen LogP contribution >= 0.6 is 11.8 Å². The normalized spacial score (nSPS) is 10.4. The van der Waals surface area contributed by atoms with Gasteiger partial charge in [0.2, 0.25) is 0 Å². The third-order valence-electron chi connectivity index (χ3n) is 2.42. The van der Waals surface area contributed by atoms with Crippen molar-refractivity contribution < 1.29 is 10.2 Å². The largest absolute Gasteiger partial charge is 0.508 e. The lowest BCUT2D eigenvalue weighted by Crippen LogP contribution is -1.84. The molecule has 0 saturated carbocycles. The highest BCUT2D eigenvalue weighted by molar-refractivity contribution is 7.98. The summed E-state index contributed by atoms with van der Waals surface area (Å²) in [5.74, 6) is 1.15. The van der Waals surface area contributed by atoms with Gasteiger partial charge >= 0.3 is 0 Å². The van der Waals surface area contributed by atoms with Crippen LogP contribution in [0.5, 0.6) is 5.75 Å². The second-order valence-electron chi connectivity index (χ2n) is 3.76. The molecule has 0 aromatic heterocycles. The molecule has 0 aliphatic carbocycles. The average molecular weight is 246 g/mol. The maximum atomic E-state index is 9.18. The predicted molar refractivity (Wildman–Crippen MR) is 70.0 cm³/mol. The number of rotatable bonds is 4. The summed E-state index contributed by atoms with van der Waals surface area (Å²) in [6.07, 6.45) is 0. The number of thioether (sulfide) groups is 1. The number of aliphatic hydroxyl groups excluding tert-OH is 1. The van der Waals surface area contributed by atoms with E-state index in [1.165, 1.54) is 5.56 Å². The van der Waals surface area contributed by atoms with Crippen molar-refractivity contribution >= 4 is 11.8 Å². The lowest BCUT2D eigenvalue weighted by molar-refractivity contribution is 0.281. The molecule has 2 aromatic rings. The van der Waals surface area contributed by atoms with Gasteiger partial charge in [0.15, 0.2) is 0 Å². The second-order valence-corrected chi connectivity index (χ2v) is 4.81. The lowest BCUT2D eigenvalue weighted by Gasteiger charge is -2.04. The Morgan fingerprint density at radius 2 is 1.71 bits per heavy atom. The van der Waals surface area contributed by atoms with Crippen molar-refractivity contribution in [3.05, 3.63) is 59.7 Å². The third-order valence-corrected chi connectivity index (χ3v) is 3.49. The molecule has 0 unspecified atom stereocenters. The van der Waals surface area contributed by atoms with E-state index in [1.54, 1.807) is 23.9 Å². The minimum atomic E-state index is 0.0770. The van der Waals surface area contributed by atoms with Crippen LogP contribution in [0.3, 0.4) is 0 Å². The number of hydrogen-bond acceptors (Lipinski definition) is 3. The molecule has 17 heavy (non-hydrogen) atoms. The molecule has 2 nitrogen and oxygen atoms in total. The maximum absolute atomic E-state index is 9.18. The summed E-state index contributed by atoms with van der Waals surface area (Å²) in [4.78, 5) is 1.14. The molecule has 0 aliphatic heterocycles. The number of hydrogen-bond donors (Lipinski definition) is 2. The predicted octanol–water partition coefficient (Wildman–Crippen LogP) is 3.18. The summed E-state index contributed by atoms with van der Waals surface area (Å²) in [6.45, 7) is 0.0770. The third kappa shape index (κ3) is 3.51. The molecular formula is C14H14O2S. The molecule has 2 N–H and O–H groups in total. The Morgan fingerprint density at radius 1 is 0.941 bits per heavy atom. The molecule has 0 radical (unpaired) electrons. The first-order valence-electron chi connectivity index (χ1n) is 5.38. The molecule has 0 spiro atoms. The number of aliphatic hydroxyl groups is 1. The summed E-state index contributed by atoms with van der Waals surface area (Å²) in [5, 5.41) is 18.2. The lowest BCUT2D eigenvalue weighted by atomic mass is 10.2. The van der Waals surface area contributed by atoms with Crippen molar-refractivity contribution in [1.29, 1.82) is 0 Å². The summed E-state index contributed by atoms with van der Waals surface area (Å²) in [6, 6.07) is 15.1. The van der Waals surface area contributed by atoms with Crippen molar-refractivity contribution in [1.82, 2.24) is 0 Å². The van der Waals surface area contributed by atoms with Gasteiger partial charge in [-0.05, 0) is 35.4 Å². The zero-order valence-corrected chi connectivity index (χ0v) is 10.2. The molecule has 0 fully saturated rings. The van der Waals surface area contributed by atoms with Crippen LogP contribution < -0.4 is 0 Å². The Bertz CT molecular complexity index is 480. The number of phenols is 1. The van der Waals surface area contributed by atoms with E-state index in [4.69, 9.17) is 5.11 Å². The van der Waals surface area contributed by atoms with E-state index in [2.05, 4.69) is 0 Å². The highest BCUT2D eigenvalue weighted by Crippen LogP contribution is 2.24. The zero-order chi connectivity index (χ0) is 12.1. The van der Waals surface area contributed by atoms with Gasteiger partial charge in [0.25, 0.3) is 0 Å². The number of benzene rings is 2. The molecule has 0 aliphatic rings. The van der Waals surface area contributed by atoms with Gasteiger partial charge < -0.3 is 10.2 Å². The van der Waals surface area contributed by atoms with E-state index in [0.29, 0.717) is 5.75 Å². The summed E-state index contributed by atoms with van der Waals surface area (Å²) in [7, 11) is 0. The van der Waals surface area contributed by atoms with Crippen LogP contribution in [0.1, 0.15) is 11.1 Å². The van der Waals surface area contributed by atoms with Gasteiger partial charge in [-0.3, -0.25) is 0 Å². The smallest absolute Gasteiger partial charge is 0.115 e. The van der Waals surface area contributed by atoms with Crippen LogP contribution in [0, 0.1) is 0 Å². The molecule has 0 amide bonds. The fourth-order valence-electron chi connectivity index (χ4n) is 1.49. The molecule has 3 heteroatoms. The van der Waals surface area contributed by atoms with Gasteiger partial charge in [0, 0.05) is 10.6 Å². The molecule has 0 heterocycles. The van der Waals surface area contributed by atoms with E-state index < -0.39 is 0 Å². The van der Waals surface area contributed by atoms with Crippen molar-refractivity contribution in [2.45, 2.75) is 17.3 Å². The molecular weight excluding hydrogens is 232 g/mol. The Morgan fingerprint density at radius 3 is 2.41 bits per heavy atom. The van der Waals surface area contributed by atoms with Gasteiger partial charge in [-0.1, -0.05) is 24.3 Å². The first kappa shape index (κ1) is 12.0. The number of phenolic OH excluding ortho intramolecular Hbond substituents is 1. The van der Waals surface area contributed by atoms with Crippen molar-refractivity contribution in [3.8, 4) is 5.75 Å². The number of aromatic hydroxyl groups is 1. The molecule has 0 atom stereocenters. The van der Waals surface area contributed by atoms with Gasteiger partial charge in [-0.15, -0.1) is 11.8 Å². The molecule has 2 aromatic carbocycles. The van der Waals surface area contributed by atoms with E-state index >= 15 is 0 Å². The second kappa shape index (κ2) is 5.75. The van der Waals surface area contributed by atoms with E-state index in [0.717, 1.165) is 16.2 Å². The van der Waals surface area contributed by atoms with Crippen molar-refractivity contribution in [2.75, 3.05) is 0 Å². The first-order chi connectivity index (χ1) is 8.28. The monoisotopic (exact) mass is 246 g/mol. The van der Waals surface area contributed by atoms with Crippen LogP contribution in [0.15, 0.2) is 53.4 Å². The van der Waals surface area contributed by atoms with Crippen molar-refractivity contribution in [2.24, 2.45) is 0 Å². The van der Waals surface area contributed by atoms with Crippen LogP contribution in [-0.4, -0.2) is 10.2 Å². The Kier molecular flexibility index (Phi) is 4.07. The topological polar surface area (TPSA) is 40.5 Å².